The second-order valence-corrected chi connectivity index (χ2v) is 6.41. The van der Waals surface area contributed by atoms with Crippen molar-refractivity contribution in [2.24, 2.45) is 5.73 Å². The lowest BCUT2D eigenvalue weighted by Gasteiger charge is -2.38. The molecule has 0 spiro atoms. The van der Waals surface area contributed by atoms with E-state index < -0.39 is 0 Å². The summed E-state index contributed by atoms with van der Waals surface area (Å²) in [5.74, 6) is 0. The van der Waals surface area contributed by atoms with Crippen LogP contribution in [-0.2, 0) is 11.2 Å². The summed E-state index contributed by atoms with van der Waals surface area (Å²) in [6, 6.07) is 8.97. The molecule has 1 heterocycles. The molecule has 0 saturated carbocycles. The van der Waals surface area contributed by atoms with Gasteiger partial charge in [-0.2, -0.15) is 0 Å². The van der Waals surface area contributed by atoms with E-state index in [0.29, 0.717) is 6.04 Å². The van der Waals surface area contributed by atoms with Crippen LogP contribution in [0.15, 0.2) is 28.7 Å². The van der Waals surface area contributed by atoms with Gasteiger partial charge in [-0.15, -0.1) is 0 Å². The molecular weight excluding hydrogens is 304 g/mol. The predicted molar refractivity (Wildman–Crippen MR) is 82.3 cm³/mol. The van der Waals surface area contributed by atoms with E-state index in [9.17, 15) is 0 Å². The molecule has 0 bridgehead atoms. The summed E-state index contributed by atoms with van der Waals surface area (Å²) in [5.41, 5.74) is 7.58. The van der Waals surface area contributed by atoms with E-state index in [1.165, 1.54) is 5.56 Å². The van der Waals surface area contributed by atoms with E-state index in [1.54, 1.807) is 0 Å². The van der Waals surface area contributed by atoms with E-state index in [0.717, 1.165) is 30.6 Å². The van der Waals surface area contributed by atoms with Gasteiger partial charge in [0.25, 0.3) is 0 Å². The first-order valence-corrected chi connectivity index (χ1v) is 7.71. The van der Waals surface area contributed by atoms with E-state index in [1.807, 2.05) is 0 Å². The fourth-order valence-corrected chi connectivity index (χ4v) is 2.71. The second kappa shape index (κ2) is 6.84. The van der Waals surface area contributed by atoms with Gasteiger partial charge in [-0.05, 0) is 38.0 Å². The Balaban J connectivity index is 1.92. The molecule has 106 valence electrons. The SMILES string of the molecule is CC(C)N1CCOC(C(N)Cc2ccc(Br)cc2)C1. The number of hydrogen-bond donors (Lipinski definition) is 1. The molecule has 1 aromatic carbocycles. The third kappa shape index (κ3) is 4.28. The fourth-order valence-electron chi connectivity index (χ4n) is 2.45. The van der Waals surface area contributed by atoms with Crippen LogP contribution in [0, 0.1) is 0 Å². The molecule has 0 aliphatic carbocycles. The van der Waals surface area contributed by atoms with E-state index in [-0.39, 0.29) is 12.1 Å². The zero-order valence-electron chi connectivity index (χ0n) is 11.7. The Morgan fingerprint density at radius 2 is 2.05 bits per heavy atom. The fraction of sp³-hybridized carbons (Fsp3) is 0.600. The second-order valence-electron chi connectivity index (χ2n) is 5.49. The third-order valence-electron chi connectivity index (χ3n) is 3.72. The molecule has 1 fully saturated rings. The first kappa shape index (κ1) is 15.0. The molecule has 1 aromatic rings. The topological polar surface area (TPSA) is 38.5 Å². The van der Waals surface area contributed by atoms with Crippen molar-refractivity contribution in [1.82, 2.24) is 4.90 Å². The standard InChI is InChI=1S/C15H23BrN2O/c1-11(2)18-7-8-19-15(10-18)14(17)9-12-3-5-13(16)6-4-12/h3-6,11,14-15H,7-10,17H2,1-2H3. The minimum atomic E-state index is 0.0581. The average molecular weight is 327 g/mol. The monoisotopic (exact) mass is 326 g/mol. The summed E-state index contributed by atoms with van der Waals surface area (Å²) in [4.78, 5) is 2.44. The van der Waals surface area contributed by atoms with Crippen molar-refractivity contribution in [1.29, 1.82) is 0 Å². The minimum absolute atomic E-state index is 0.0581. The van der Waals surface area contributed by atoms with Gasteiger partial charge in [0.1, 0.15) is 0 Å². The van der Waals surface area contributed by atoms with Crippen LogP contribution in [0.3, 0.4) is 0 Å². The first-order chi connectivity index (χ1) is 9.06. The largest absolute Gasteiger partial charge is 0.374 e. The van der Waals surface area contributed by atoms with Gasteiger partial charge in [-0.1, -0.05) is 28.1 Å². The maximum absolute atomic E-state index is 6.32. The summed E-state index contributed by atoms with van der Waals surface area (Å²) < 4.78 is 6.94. The number of benzene rings is 1. The summed E-state index contributed by atoms with van der Waals surface area (Å²) in [6.07, 6.45) is 1.00. The molecule has 4 heteroatoms. The Labute approximate surface area is 124 Å². The van der Waals surface area contributed by atoms with Gasteiger partial charge in [0.2, 0.25) is 0 Å². The summed E-state index contributed by atoms with van der Waals surface area (Å²) in [5, 5.41) is 0. The van der Waals surface area contributed by atoms with Crippen molar-refractivity contribution in [3.05, 3.63) is 34.3 Å². The molecule has 3 nitrogen and oxygen atoms in total. The van der Waals surface area contributed by atoms with Crippen molar-refractivity contribution >= 4 is 15.9 Å². The van der Waals surface area contributed by atoms with Crippen molar-refractivity contribution in [3.63, 3.8) is 0 Å². The molecule has 2 rings (SSSR count). The van der Waals surface area contributed by atoms with Crippen LogP contribution in [0.4, 0.5) is 0 Å². The van der Waals surface area contributed by atoms with Crippen LogP contribution in [0.2, 0.25) is 0 Å². The number of halogens is 1. The Morgan fingerprint density at radius 3 is 2.68 bits per heavy atom. The molecule has 0 aromatic heterocycles. The zero-order chi connectivity index (χ0) is 13.8. The molecule has 1 aliphatic rings. The summed E-state index contributed by atoms with van der Waals surface area (Å²) in [6.45, 7) is 7.19. The smallest absolute Gasteiger partial charge is 0.0856 e. The van der Waals surface area contributed by atoms with Gasteiger partial charge in [0.15, 0.2) is 0 Å². The highest BCUT2D eigenvalue weighted by Gasteiger charge is 2.27. The predicted octanol–water partition coefficient (Wildman–Crippen LogP) is 2.43. The Morgan fingerprint density at radius 1 is 1.37 bits per heavy atom. The lowest BCUT2D eigenvalue weighted by molar-refractivity contribution is -0.0495. The molecule has 1 aliphatic heterocycles. The van der Waals surface area contributed by atoms with E-state index in [4.69, 9.17) is 10.5 Å². The van der Waals surface area contributed by atoms with Crippen molar-refractivity contribution in [2.45, 2.75) is 38.5 Å². The van der Waals surface area contributed by atoms with Gasteiger partial charge in [-0.25, -0.2) is 0 Å². The van der Waals surface area contributed by atoms with Gasteiger partial charge < -0.3 is 10.5 Å². The van der Waals surface area contributed by atoms with Gasteiger partial charge >= 0.3 is 0 Å². The first-order valence-electron chi connectivity index (χ1n) is 6.92. The molecule has 1 saturated heterocycles. The molecule has 19 heavy (non-hydrogen) atoms. The van der Waals surface area contributed by atoms with Crippen LogP contribution >= 0.6 is 15.9 Å². The summed E-state index contributed by atoms with van der Waals surface area (Å²) >= 11 is 3.45. The Kier molecular flexibility index (Phi) is 5.39. The highest BCUT2D eigenvalue weighted by molar-refractivity contribution is 9.10. The number of rotatable bonds is 4. The Bertz CT molecular complexity index is 394. The maximum Gasteiger partial charge on any atom is 0.0856 e. The molecule has 2 N–H and O–H groups in total. The van der Waals surface area contributed by atoms with Crippen molar-refractivity contribution in [2.75, 3.05) is 19.7 Å². The number of nitrogens with two attached hydrogens (primary N) is 1. The lowest BCUT2D eigenvalue weighted by atomic mass is 10.0. The summed E-state index contributed by atoms with van der Waals surface area (Å²) in [7, 11) is 0. The van der Waals surface area contributed by atoms with Gasteiger partial charge in [-0.3, -0.25) is 4.90 Å². The van der Waals surface area contributed by atoms with Crippen LogP contribution < -0.4 is 5.73 Å². The zero-order valence-corrected chi connectivity index (χ0v) is 13.3. The lowest BCUT2D eigenvalue weighted by Crippen LogP contribution is -2.53. The Hall–Kier alpha value is -0.420. The third-order valence-corrected chi connectivity index (χ3v) is 4.25. The highest BCUT2D eigenvalue weighted by atomic mass is 79.9. The van der Waals surface area contributed by atoms with Gasteiger partial charge in [0, 0.05) is 29.6 Å². The maximum atomic E-state index is 6.32. The van der Waals surface area contributed by atoms with E-state index in [2.05, 4.69) is 58.9 Å². The van der Waals surface area contributed by atoms with Crippen molar-refractivity contribution in [3.8, 4) is 0 Å². The van der Waals surface area contributed by atoms with Gasteiger partial charge in [0.05, 0.1) is 12.7 Å². The molecule has 2 unspecified atom stereocenters. The minimum Gasteiger partial charge on any atom is -0.374 e. The molecule has 2 atom stereocenters. The molecule has 0 amide bonds. The van der Waals surface area contributed by atoms with Crippen LogP contribution in [0.25, 0.3) is 0 Å². The number of hydrogen-bond acceptors (Lipinski definition) is 3. The van der Waals surface area contributed by atoms with Crippen LogP contribution in [-0.4, -0.2) is 42.8 Å². The average Bonchev–Trinajstić information content (AvgIpc) is 2.41. The quantitative estimate of drug-likeness (QED) is 0.923. The number of morpholine rings is 1. The number of ether oxygens (including phenoxy) is 1. The van der Waals surface area contributed by atoms with Crippen LogP contribution in [0.1, 0.15) is 19.4 Å². The molecular formula is C15H23BrN2O. The normalized spacial score (nSPS) is 22.7. The van der Waals surface area contributed by atoms with E-state index >= 15 is 0 Å². The highest BCUT2D eigenvalue weighted by Crippen LogP contribution is 2.16. The molecule has 0 radical (unpaired) electrons. The van der Waals surface area contributed by atoms with Crippen molar-refractivity contribution < 1.29 is 4.74 Å². The number of nitrogens with zero attached hydrogens (tertiary/aromatic N) is 1. The van der Waals surface area contributed by atoms with Crippen LogP contribution in [0.5, 0.6) is 0 Å².